The van der Waals surface area contributed by atoms with Crippen LogP contribution in [0.25, 0.3) is 0 Å². The normalized spacial score (nSPS) is 12.2. The van der Waals surface area contributed by atoms with Crippen molar-refractivity contribution >= 4 is 27.7 Å². The average Bonchev–Trinajstić information content (AvgIpc) is 2.36. The zero-order valence-electron chi connectivity index (χ0n) is 13.3. The monoisotopic (exact) mass is 358 g/mol. The summed E-state index contributed by atoms with van der Waals surface area (Å²) >= 11 is 5.60. The second-order valence-corrected chi connectivity index (χ2v) is 8.10. The molecular weight excluding hydrogens is 332 g/mol. The van der Waals surface area contributed by atoms with Gasteiger partial charge in [-0.15, -0.1) is 0 Å². The summed E-state index contributed by atoms with van der Waals surface area (Å²) < 4.78 is 1.21. The second kappa shape index (κ2) is 8.42. The van der Waals surface area contributed by atoms with Gasteiger partial charge in [0, 0.05) is 35.4 Å². The Labute approximate surface area is 136 Å². The molecule has 4 heteroatoms. The van der Waals surface area contributed by atoms with Gasteiger partial charge in [0.25, 0.3) is 0 Å². The van der Waals surface area contributed by atoms with Gasteiger partial charge in [-0.25, -0.2) is 0 Å². The molecule has 0 amide bonds. The molecule has 0 aliphatic heterocycles. The standard InChI is InChI=1S/C16H27BrN2S/c1-16(2,3)18-11-13-6-7-14(15(17)10-13)12-19(4)8-9-20-5/h6-7,10,18H,8-9,11-12H2,1-5H3. The van der Waals surface area contributed by atoms with Crippen LogP contribution >= 0.6 is 27.7 Å². The lowest BCUT2D eigenvalue weighted by Crippen LogP contribution is -2.35. The first-order chi connectivity index (χ1) is 9.31. The predicted molar refractivity (Wildman–Crippen MR) is 95.5 cm³/mol. The summed E-state index contributed by atoms with van der Waals surface area (Å²) in [6, 6.07) is 6.69. The average molecular weight is 359 g/mol. The van der Waals surface area contributed by atoms with Gasteiger partial charge in [0.1, 0.15) is 0 Å². The molecule has 0 aliphatic rings. The molecule has 0 radical (unpaired) electrons. The van der Waals surface area contributed by atoms with E-state index in [0.717, 1.165) is 19.6 Å². The SMILES string of the molecule is CSCCN(C)Cc1ccc(CNC(C)(C)C)cc1Br. The van der Waals surface area contributed by atoms with E-state index in [2.05, 4.69) is 78.4 Å². The van der Waals surface area contributed by atoms with Crippen LogP contribution in [0.2, 0.25) is 0 Å². The molecule has 0 saturated heterocycles. The van der Waals surface area contributed by atoms with E-state index in [-0.39, 0.29) is 5.54 Å². The van der Waals surface area contributed by atoms with Crippen molar-refractivity contribution in [2.45, 2.75) is 39.4 Å². The summed E-state index contributed by atoms with van der Waals surface area (Å²) in [4.78, 5) is 2.36. The van der Waals surface area contributed by atoms with Crippen molar-refractivity contribution in [2.75, 3.05) is 25.6 Å². The molecule has 0 aliphatic carbocycles. The van der Waals surface area contributed by atoms with E-state index in [1.807, 2.05) is 11.8 Å². The maximum absolute atomic E-state index is 3.70. The first kappa shape index (κ1) is 18.0. The summed E-state index contributed by atoms with van der Waals surface area (Å²) in [6.07, 6.45) is 2.15. The minimum Gasteiger partial charge on any atom is -0.308 e. The number of thioether (sulfide) groups is 1. The van der Waals surface area contributed by atoms with Crippen molar-refractivity contribution in [1.29, 1.82) is 0 Å². The van der Waals surface area contributed by atoms with Gasteiger partial charge in [-0.05, 0) is 51.3 Å². The highest BCUT2D eigenvalue weighted by Gasteiger charge is 2.10. The lowest BCUT2D eigenvalue weighted by atomic mass is 10.1. The van der Waals surface area contributed by atoms with Gasteiger partial charge in [-0.3, -0.25) is 0 Å². The van der Waals surface area contributed by atoms with E-state index >= 15 is 0 Å². The third-order valence-corrected chi connectivity index (χ3v) is 4.39. The topological polar surface area (TPSA) is 15.3 Å². The molecule has 1 rings (SSSR count). The van der Waals surface area contributed by atoms with Gasteiger partial charge in [0.15, 0.2) is 0 Å². The van der Waals surface area contributed by atoms with E-state index in [1.54, 1.807) is 0 Å². The number of benzene rings is 1. The van der Waals surface area contributed by atoms with Crippen molar-refractivity contribution in [3.8, 4) is 0 Å². The van der Waals surface area contributed by atoms with Crippen LogP contribution in [0.4, 0.5) is 0 Å². The molecule has 0 heterocycles. The Bertz CT molecular complexity index is 415. The number of rotatable bonds is 7. The molecule has 1 aromatic rings. The summed E-state index contributed by atoms with van der Waals surface area (Å²) in [5.41, 5.74) is 2.83. The molecule has 114 valence electrons. The quantitative estimate of drug-likeness (QED) is 0.788. The minimum absolute atomic E-state index is 0.156. The van der Waals surface area contributed by atoms with Gasteiger partial charge in [0.2, 0.25) is 0 Å². The Morgan fingerprint density at radius 2 is 2.00 bits per heavy atom. The summed E-state index contributed by atoms with van der Waals surface area (Å²) in [5, 5.41) is 3.52. The molecule has 0 fully saturated rings. The Balaban J connectivity index is 2.59. The Kier molecular flexibility index (Phi) is 7.59. The molecule has 0 unspecified atom stereocenters. The number of hydrogen-bond acceptors (Lipinski definition) is 3. The minimum atomic E-state index is 0.156. The van der Waals surface area contributed by atoms with Crippen LogP contribution in [0, 0.1) is 0 Å². The zero-order valence-corrected chi connectivity index (χ0v) is 15.7. The van der Waals surface area contributed by atoms with E-state index in [0.29, 0.717) is 0 Å². The highest BCUT2D eigenvalue weighted by Crippen LogP contribution is 2.20. The number of nitrogens with one attached hydrogen (secondary N) is 1. The van der Waals surface area contributed by atoms with Crippen molar-refractivity contribution < 1.29 is 0 Å². The molecule has 0 atom stereocenters. The molecule has 20 heavy (non-hydrogen) atoms. The molecular formula is C16H27BrN2S. The van der Waals surface area contributed by atoms with Crippen LogP contribution < -0.4 is 5.32 Å². The van der Waals surface area contributed by atoms with Crippen molar-refractivity contribution in [2.24, 2.45) is 0 Å². The maximum atomic E-state index is 3.70. The van der Waals surface area contributed by atoms with Gasteiger partial charge < -0.3 is 10.2 Å². The lowest BCUT2D eigenvalue weighted by molar-refractivity contribution is 0.348. The summed E-state index contributed by atoms with van der Waals surface area (Å²) in [5.74, 6) is 1.18. The van der Waals surface area contributed by atoms with E-state index in [9.17, 15) is 0 Å². The molecule has 1 aromatic carbocycles. The van der Waals surface area contributed by atoms with E-state index < -0.39 is 0 Å². The number of halogens is 1. The highest BCUT2D eigenvalue weighted by molar-refractivity contribution is 9.10. The fraction of sp³-hybridized carbons (Fsp3) is 0.625. The highest BCUT2D eigenvalue weighted by atomic mass is 79.9. The Morgan fingerprint density at radius 3 is 2.55 bits per heavy atom. The smallest absolute Gasteiger partial charge is 0.0242 e. The van der Waals surface area contributed by atoms with Crippen molar-refractivity contribution in [3.63, 3.8) is 0 Å². The first-order valence-electron chi connectivity index (χ1n) is 7.01. The fourth-order valence-electron chi connectivity index (χ4n) is 1.81. The Hall–Kier alpha value is -0.0300. The van der Waals surface area contributed by atoms with Crippen LogP contribution in [-0.4, -0.2) is 36.0 Å². The number of nitrogens with zero attached hydrogens (tertiary/aromatic N) is 1. The van der Waals surface area contributed by atoms with Gasteiger partial charge in [-0.1, -0.05) is 28.1 Å². The van der Waals surface area contributed by atoms with Crippen molar-refractivity contribution in [1.82, 2.24) is 10.2 Å². The fourth-order valence-corrected chi connectivity index (χ4v) is 2.86. The number of hydrogen-bond donors (Lipinski definition) is 1. The molecule has 0 bridgehead atoms. The molecule has 0 saturated carbocycles. The van der Waals surface area contributed by atoms with Crippen LogP contribution in [0.5, 0.6) is 0 Å². The van der Waals surface area contributed by atoms with Crippen LogP contribution in [0.1, 0.15) is 31.9 Å². The second-order valence-electron chi connectivity index (χ2n) is 6.26. The largest absolute Gasteiger partial charge is 0.308 e. The first-order valence-corrected chi connectivity index (χ1v) is 9.20. The van der Waals surface area contributed by atoms with Crippen LogP contribution in [0.3, 0.4) is 0 Å². The summed E-state index contributed by atoms with van der Waals surface area (Å²) in [6.45, 7) is 9.60. The molecule has 1 N–H and O–H groups in total. The van der Waals surface area contributed by atoms with Crippen molar-refractivity contribution in [3.05, 3.63) is 33.8 Å². The van der Waals surface area contributed by atoms with Gasteiger partial charge in [0.05, 0.1) is 0 Å². The lowest BCUT2D eigenvalue weighted by Gasteiger charge is -2.21. The summed E-state index contributed by atoms with van der Waals surface area (Å²) in [7, 11) is 2.18. The zero-order chi connectivity index (χ0) is 15.2. The predicted octanol–water partition coefficient (Wildman–Crippen LogP) is 4.13. The molecule has 0 aromatic heterocycles. The van der Waals surface area contributed by atoms with Crippen LogP contribution in [0.15, 0.2) is 22.7 Å². The molecule has 2 nitrogen and oxygen atoms in total. The third-order valence-electron chi connectivity index (χ3n) is 3.06. The van der Waals surface area contributed by atoms with E-state index in [4.69, 9.17) is 0 Å². The van der Waals surface area contributed by atoms with E-state index in [1.165, 1.54) is 21.4 Å². The maximum Gasteiger partial charge on any atom is 0.0242 e. The Morgan fingerprint density at radius 1 is 1.30 bits per heavy atom. The third kappa shape index (κ3) is 7.11. The van der Waals surface area contributed by atoms with Crippen LogP contribution in [-0.2, 0) is 13.1 Å². The van der Waals surface area contributed by atoms with Gasteiger partial charge in [-0.2, -0.15) is 11.8 Å². The van der Waals surface area contributed by atoms with Gasteiger partial charge >= 0.3 is 0 Å². The molecule has 0 spiro atoms.